The molecule has 27 heavy (non-hydrogen) atoms. The fourth-order valence-electron chi connectivity index (χ4n) is 3.11. The number of carbonyl (C=O) groups excluding carboxylic acids is 1. The molecule has 2 heterocycles. The van der Waals surface area contributed by atoms with E-state index in [4.69, 9.17) is 16.0 Å². The van der Waals surface area contributed by atoms with E-state index in [1.165, 1.54) is 24.3 Å². The van der Waals surface area contributed by atoms with Gasteiger partial charge in [-0.15, -0.1) is 0 Å². The number of furan rings is 1. The van der Waals surface area contributed by atoms with Crippen LogP contribution in [0, 0.1) is 5.82 Å². The number of nitrogens with zero attached hydrogens (tertiary/aromatic N) is 1. The van der Waals surface area contributed by atoms with Gasteiger partial charge in [-0.2, -0.15) is 0 Å². The van der Waals surface area contributed by atoms with Crippen molar-refractivity contribution in [3.05, 3.63) is 52.5 Å². The molecule has 3 rings (SSSR count). The number of piperidine rings is 1. The zero-order valence-corrected chi connectivity index (χ0v) is 16.3. The van der Waals surface area contributed by atoms with Crippen molar-refractivity contribution in [2.75, 3.05) is 19.3 Å². The standard InChI is InChI=1S/C18H20ClFN2O4S/c1-27(24,25)17-7-6-16(26-17)18(23)21-14-3-2-8-22(11-14)10-12-4-5-13(20)9-15(12)19/h4-7,9,14H,2-3,8,10-11H2,1H3,(H,21,23). The Hall–Kier alpha value is -1.90. The molecule has 6 nitrogen and oxygen atoms in total. The Morgan fingerprint density at radius 1 is 1.37 bits per heavy atom. The van der Waals surface area contributed by atoms with Gasteiger partial charge >= 0.3 is 0 Å². The Balaban J connectivity index is 1.61. The molecule has 1 saturated heterocycles. The highest BCUT2D eigenvalue weighted by Gasteiger charge is 2.24. The summed E-state index contributed by atoms with van der Waals surface area (Å²) in [5.74, 6) is -0.856. The second kappa shape index (κ2) is 8.00. The molecule has 1 aromatic carbocycles. The largest absolute Gasteiger partial charge is 0.440 e. The molecule has 1 amide bonds. The molecule has 0 saturated carbocycles. The van der Waals surface area contributed by atoms with Crippen LogP contribution < -0.4 is 5.32 Å². The summed E-state index contributed by atoms with van der Waals surface area (Å²) in [6, 6.07) is 6.85. The summed E-state index contributed by atoms with van der Waals surface area (Å²) in [5.41, 5.74) is 0.828. The van der Waals surface area contributed by atoms with Crippen LogP contribution in [0.3, 0.4) is 0 Å². The van der Waals surface area contributed by atoms with Gasteiger partial charge in [-0.1, -0.05) is 17.7 Å². The SMILES string of the molecule is CS(=O)(=O)c1ccc(C(=O)NC2CCCN(Cc3ccc(F)cc3Cl)C2)o1. The average molecular weight is 415 g/mol. The monoisotopic (exact) mass is 414 g/mol. The average Bonchev–Trinajstić information content (AvgIpc) is 3.08. The van der Waals surface area contributed by atoms with Gasteiger partial charge in [0.15, 0.2) is 5.76 Å². The lowest BCUT2D eigenvalue weighted by atomic mass is 10.0. The molecule has 0 aliphatic carbocycles. The highest BCUT2D eigenvalue weighted by Crippen LogP contribution is 2.21. The Morgan fingerprint density at radius 2 is 2.15 bits per heavy atom. The van der Waals surface area contributed by atoms with Gasteiger partial charge in [-0.3, -0.25) is 9.69 Å². The van der Waals surface area contributed by atoms with Crippen LogP contribution in [0.15, 0.2) is 39.8 Å². The Kier molecular flexibility index (Phi) is 5.88. The molecule has 1 unspecified atom stereocenters. The Labute approximate surface area is 162 Å². The predicted molar refractivity (Wildman–Crippen MR) is 99.0 cm³/mol. The van der Waals surface area contributed by atoms with Crippen molar-refractivity contribution < 1.29 is 22.0 Å². The molecule has 0 spiro atoms. The third-order valence-corrected chi connectivity index (χ3v) is 5.72. The number of nitrogens with one attached hydrogen (secondary N) is 1. The van der Waals surface area contributed by atoms with Crippen LogP contribution in [0.1, 0.15) is 29.0 Å². The summed E-state index contributed by atoms with van der Waals surface area (Å²) in [7, 11) is -3.49. The number of sulfone groups is 1. The third-order valence-electron chi connectivity index (χ3n) is 4.42. The van der Waals surface area contributed by atoms with Crippen LogP contribution in [-0.2, 0) is 16.4 Å². The van der Waals surface area contributed by atoms with Crippen molar-refractivity contribution in [1.82, 2.24) is 10.2 Å². The van der Waals surface area contributed by atoms with Crippen LogP contribution >= 0.6 is 11.6 Å². The first-order valence-electron chi connectivity index (χ1n) is 8.49. The van der Waals surface area contributed by atoms with Crippen molar-refractivity contribution >= 4 is 27.3 Å². The molecule has 9 heteroatoms. The fourth-order valence-corrected chi connectivity index (χ4v) is 3.89. The molecular weight excluding hydrogens is 395 g/mol. The van der Waals surface area contributed by atoms with E-state index >= 15 is 0 Å². The van der Waals surface area contributed by atoms with Gasteiger partial charge in [0, 0.05) is 30.4 Å². The maximum atomic E-state index is 13.2. The van der Waals surface area contributed by atoms with Crippen molar-refractivity contribution in [1.29, 1.82) is 0 Å². The minimum atomic E-state index is -3.49. The quantitative estimate of drug-likeness (QED) is 0.813. The first kappa shape index (κ1) is 19.9. The zero-order chi connectivity index (χ0) is 19.6. The number of hydrogen-bond acceptors (Lipinski definition) is 5. The molecule has 1 atom stereocenters. The van der Waals surface area contributed by atoms with Crippen LogP contribution in [0.5, 0.6) is 0 Å². The summed E-state index contributed by atoms with van der Waals surface area (Å²) >= 11 is 6.09. The van der Waals surface area contributed by atoms with Gasteiger partial charge in [-0.25, -0.2) is 12.8 Å². The number of amides is 1. The maximum absolute atomic E-state index is 13.2. The number of likely N-dealkylation sites (tertiary alicyclic amines) is 1. The van der Waals surface area contributed by atoms with Gasteiger partial charge in [0.05, 0.1) is 0 Å². The van der Waals surface area contributed by atoms with Crippen molar-refractivity contribution in [3.8, 4) is 0 Å². The first-order valence-corrected chi connectivity index (χ1v) is 10.8. The Bertz CT molecular complexity index is 945. The molecule has 1 aliphatic heterocycles. The van der Waals surface area contributed by atoms with E-state index in [1.54, 1.807) is 6.07 Å². The van der Waals surface area contributed by atoms with E-state index in [0.717, 1.165) is 31.2 Å². The Morgan fingerprint density at radius 3 is 2.81 bits per heavy atom. The van der Waals surface area contributed by atoms with Crippen LogP contribution in [0.4, 0.5) is 4.39 Å². The fraction of sp³-hybridized carbons (Fsp3) is 0.389. The predicted octanol–water partition coefficient (Wildman–Crippen LogP) is 2.87. The zero-order valence-electron chi connectivity index (χ0n) is 14.7. The van der Waals surface area contributed by atoms with E-state index in [9.17, 15) is 17.6 Å². The number of hydrogen-bond donors (Lipinski definition) is 1. The van der Waals surface area contributed by atoms with Gasteiger partial charge < -0.3 is 9.73 Å². The van der Waals surface area contributed by atoms with E-state index < -0.39 is 15.7 Å². The molecule has 1 aliphatic rings. The molecule has 1 fully saturated rings. The topological polar surface area (TPSA) is 79.6 Å². The third kappa shape index (κ3) is 5.09. The summed E-state index contributed by atoms with van der Waals surface area (Å²) in [4.78, 5) is 14.5. The second-order valence-electron chi connectivity index (χ2n) is 6.67. The molecule has 0 bridgehead atoms. The van der Waals surface area contributed by atoms with Crippen LogP contribution in [0.25, 0.3) is 0 Å². The highest BCUT2D eigenvalue weighted by atomic mass is 35.5. The molecule has 1 N–H and O–H groups in total. The van der Waals surface area contributed by atoms with Gasteiger partial charge in [-0.05, 0) is 49.2 Å². The van der Waals surface area contributed by atoms with Crippen molar-refractivity contribution in [3.63, 3.8) is 0 Å². The van der Waals surface area contributed by atoms with Gasteiger partial charge in [0.1, 0.15) is 5.82 Å². The normalized spacial score (nSPS) is 18.4. The smallest absolute Gasteiger partial charge is 0.287 e. The summed E-state index contributed by atoms with van der Waals surface area (Å²) in [5, 5.41) is 3.02. The van der Waals surface area contributed by atoms with Crippen LogP contribution in [-0.4, -0.2) is 44.6 Å². The minimum Gasteiger partial charge on any atom is -0.440 e. The number of rotatable bonds is 5. The highest BCUT2D eigenvalue weighted by molar-refractivity contribution is 7.90. The van der Waals surface area contributed by atoms with E-state index in [2.05, 4.69) is 10.2 Å². The van der Waals surface area contributed by atoms with E-state index in [1.807, 2.05) is 0 Å². The lowest BCUT2D eigenvalue weighted by molar-refractivity contribution is 0.0867. The number of carbonyl (C=O) groups is 1. The van der Waals surface area contributed by atoms with Gasteiger partial charge in [0.2, 0.25) is 14.9 Å². The lowest BCUT2D eigenvalue weighted by Gasteiger charge is -2.33. The number of benzene rings is 1. The second-order valence-corrected chi connectivity index (χ2v) is 9.03. The first-order chi connectivity index (χ1) is 12.7. The van der Waals surface area contributed by atoms with Crippen LogP contribution in [0.2, 0.25) is 5.02 Å². The summed E-state index contributed by atoms with van der Waals surface area (Å²) < 4.78 is 41.2. The maximum Gasteiger partial charge on any atom is 0.287 e. The molecule has 0 radical (unpaired) electrons. The molecule has 1 aromatic heterocycles. The van der Waals surface area contributed by atoms with Gasteiger partial charge in [0.25, 0.3) is 5.91 Å². The number of halogens is 2. The minimum absolute atomic E-state index is 0.0332. The lowest BCUT2D eigenvalue weighted by Crippen LogP contribution is -2.47. The molecule has 2 aromatic rings. The van der Waals surface area contributed by atoms with Crippen molar-refractivity contribution in [2.24, 2.45) is 0 Å². The summed E-state index contributed by atoms with van der Waals surface area (Å²) in [6.45, 7) is 2.02. The van der Waals surface area contributed by atoms with E-state index in [-0.39, 0.29) is 22.7 Å². The molecular formula is C18H20ClFN2O4S. The van der Waals surface area contributed by atoms with Crippen molar-refractivity contribution in [2.45, 2.75) is 30.5 Å². The molecule has 146 valence electrons. The van der Waals surface area contributed by atoms with E-state index in [0.29, 0.717) is 18.1 Å². The summed E-state index contributed by atoms with van der Waals surface area (Å²) in [6.07, 6.45) is 2.71.